The van der Waals surface area contributed by atoms with Gasteiger partial charge in [0.05, 0.1) is 47.7 Å². The number of rotatable bonds is 16. The van der Waals surface area contributed by atoms with Crippen molar-refractivity contribution in [2.45, 2.75) is 59.4 Å². The van der Waals surface area contributed by atoms with Gasteiger partial charge < -0.3 is 34.6 Å². The molecule has 6 rings (SSSR count). The molecule has 14 nitrogen and oxygen atoms in total. The number of carbonyl (C=O) groups is 3. The molecule has 0 aliphatic carbocycles. The number of benzene rings is 2. The monoisotopic (exact) mass is 832 g/mol. The molecule has 300 valence electrons. The van der Waals surface area contributed by atoms with Crippen LogP contribution in [0.25, 0.3) is 0 Å². The molecule has 0 saturated carbocycles. The highest BCUT2D eigenvalue weighted by Crippen LogP contribution is 2.29. The number of halogens is 1. The van der Waals surface area contributed by atoms with Gasteiger partial charge in [-0.1, -0.05) is 47.2 Å². The van der Waals surface area contributed by atoms with Gasteiger partial charge in [-0.3, -0.25) is 14.4 Å². The third kappa shape index (κ3) is 11.3. The third-order valence-corrected chi connectivity index (χ3v) is 10.7. The molecule has 1 aliphatic rings. The highest BCUT2D eigenvalue weighted by atomic mass is 35.5. The fourth-order valence-electron chi connectivity index (χ4n) is 6.09. The molecule has 2 N–H and O–H groups in total. The topological polar surface area (TPSA) is 161 Å². The maximum Gasteiger partial charge on any atom is 0.267 e. The van der Waals surface area contributed by atoms with Gasteiger partial charge in [0.1, 0.15) is 33.8 Å². The third-order valence-electron chi connectivity index (χ3n) is 8.93. The number of anilines is 4. The van der Waals surface area contributed by atoms with Crippen molar-refractivity contribution in [3.05, 3.63) is 98.2 Å². The van der Waals surface area contributed by atoms with Crippen molar-refractivity contribution in [2.75, 3.05) is 54.9 Å². The summed E-state index contributed by atoms with van der Waals surface area (Å²) in [7, 11) is 0. The van der Waals surface area contributed by atoms with Crippen LogP contribution in [0.3, 0.4) is 0 Å². The molecule has 0 spiro atoms. The van der Waals surface area contributed by atoms with Crippen molar-refractivity contribution in [3.8, 4) is 5.75 Å². The molecule has 0 atom stereocenters. The Labute approximate surface area is 344 Å². The van der Waals surface area contributed by atoms with Crippen molar-refractivity contribution in [2.24, 2.45) is 0 Å². The van der Waals surface area contributed by atoms with Crippen molar-refractivity contribution < 1.29 is 28.6 Å². The number of hydrogen-bond donors (Lipinski definition) is 2. The molecule has 2 amide bonds. The van der Waals surface area contributed by atoms with Gasteiger partial charge in [-0.15, -0.1) is 11.3 Å². The predicted octanol–water partition coefficient (Wildman–Crippen LogP) is 7.55. The summed E-state index contributed by atoms with van der Waals surface area (Å²) in [5, 5.41) is 8.76. The van der Waals surface area contributed by atoms with Crippen LogP contribution < -0.4 is 20.3 Å². The van der Waals surface area contributed by atoms with Crippen molar-refractivity contribution in [3.63, 3.8) is 0 Å². The summed E-state index contributed by atoms with van der Waals surface area (Å²) in [6.07, 6.45) is 1.72. The summed E-state index contributed by atoms with van der Waals surface area (Å²) in [4.78, 5) is 61.0. The van der Waals surface area contributed by atoms with Gasteiger partial charge in [0.15, 0.2) is 5.13 Å². The average molecular weight is 833 g/mol. The highest BCUT2D eigenvalue weighted by molar-refractivity contribution is 7.17. The number of piperazine rings is 1. The van der Waals surface area contributed by atoms with E-state index >= 15 is 0 Å². The molecule has 0 unspecified atom stereocenters. The lowest BCUT2D eigenvalue weighted by Gasteiger charge is -2.37. The average Bonchev–Trinajstić information content (AvgIpc) is 3.88. The molecule has 0 bridgehead atoms. The minimum absolute atomic E-state index is 0.00541. The quantitative estimate of drug-likeness (QED) is 0.0572. The van der Waals surface area contributed by atoms with Crippen LogP contribution >= 0.6 is 34.3 Å². The number of ketones is 1. The molecule has 5 aromatic rings. The van der Waals surface area contributed by atoms with Crippen LogP contribution in [0.2, 0.25) is 5.02 Å². The summed E-state index contributed by atoms with van der Waals surface area (Å²) in [6.45, 7) is 13.8. The van der Waals surface area contributed by atoms with Crippen molar-refractivity contribution in [1.82, 2.24) is 24.8 Å². The fraction of sp³-hybridized carbons (Fsp3) is 0.375. The number of ether oxygens (including phenoxy) is 3. The number of thiazole rings is 2. The second-order valence-electron chi connectivity index (χ2n) is 14.4. The zero-order chi connectivity index (χ0) is 40.7. The highest BCUT2D eigenvalue weighted by Gasteiger charge is 2.30. The SMILES string of the molecule is Cc1nc(Nc2ncc(C(=O)Nc3c(C)cccc3Cl)s2)cc(N2CCN(C(=O)CC(C)(C)OCCOC(C)(C)Oc3cccc(C(=O)c4cscn4)c3)CC2)n1. The standard InChI is InChI=1S/C40H45ClN8O6S2/c1-25-9-7-12-29(41)35(25)47-37(52)31-22-42-38(57-31)46-32-20-33(45-26(2)44-32)48-13-15-49(16-14-48)34(50)21-39(3,4)53-17-18-54-40(5,6)55-28-11-8-10-27(19-28)36(51)30-23-56-24-43-30/h7-12,19-20,22-24H,13-18,21H2,1-6H3,(H,47,52)(H,42,44,45,46). The minimum atomic E-state index is -0.996. The zero-order valence-corrected chi connectivity index (χ0v) is 35.0. The Hall–Kier alpha value is -5.00. The maximum absolute atomic E-state index is 13.4. The molecule has 4 heterocycles. The van der Waals surface area contributed by atoms with E-state index in [1.807, 2.05) is 50.8 Å². The first-order chi connectivity index (χ1) is 27.1. The molecule has 57 heavy (non-hydrogen) atoms. The molecule has 3 aromatic heterocycles. The van der Waals surface area contributed by atoms with Gasteiger partial charge in [0.25, 0.3) is 5.91 Å². The van der Waals surface area contributed by atoms with E-state index in [4.69, 9.17) is 25.8 Å². The Kier molecular flexibility index (Phi) is 13.2. The number of hydrogen-bond acceptors (Lipinski definition) is 14. The summed E-state index contributed by atoms with van der Waals surface area (Å²) >= 11 is 8.86. The minimum Gasteiger partial charge on any atom is -0.463 e. The normalized spacial score (nSPS) is 13.4. The van der Waals surface area contributed by atoms with Crippen LogP contribution in [-0.4, -0.2) is 93.2 Å². The number of nitrogens with one attached hydrogen (secondary N) is 2. The Morgan fingerprint density at radius 1 is 0.930 bits per heavy atom. The molecule has 0 radical (unpaired) electrons. The smallest absolute Gasteiger partial charge is 0.267 e. The Bertz CT molecular complexity index is 2190. The molecular formula is C40H45ClN8O6S2. The molecule has 1 aliphatic heterocycles. The van der Waals surface area contributed by atoms with Gasteiger partial charge >= 0.3 is 0 Å². The van der Waals surface area contributed by atoms with Gasteiger partial charge in [-0.25, -0.2) is 19.9 Å². The number of carbonyl (C=O) groups excluding carboxylic acids is 3. The van der Waals surface area contributed by atoms with Crippen LogP contribution in [-0.2, 0) is 14.3 Å². The van der Waals surface area contributed by atoms with Gasteiger partial charge in [-0.2, -0.15) is 0 Å². The maximum atomic E-state index is 13.4. The molecular weight excluding hydrogens is 788 g/mol. The lowest BCUT2D eigenvalue weighted by Crippen LogP contribution is -2.50. The fourth-order valence-corrected chi connectivity index (χ4v) is 7.61. The number of nitrogens with zero attached hydrogens (tertiary/aromatic N) is 6. The second-order valence-corrected chi connectivity index (χ2v) is 16.6. The van der Waals surface area contributed by atoms with Crippen LogP contribution in [0.5, 0.6) is 5.75 Å². The molecule has 1 saturated heterocycles. The van der Waals surface area contributed by atoms with E-state index in [2.05, 4.69) is 35.5 Å². The first-order valence-corrected chi connectivity index (χ1v) is 20.5. The van der Waals surface area contributed by atoms with Crippen LogP contribution in [0.1, 0.15) is 71.2 Å². The molecule has 17 heteroatoms. The zero-order valence-electron chi connectivity index (χ0n) is 32.6. The first-order valence-electron chi connectivity index (χ1n) is 18.3. The summed E-state index contributed by atoms with van der Waals surface area (Å²) in [5.41, 5.74) is 3.21. The van der Waals surface area contributed by atoms with Crippen LogP contribution in [0, 0.1) is 13.8 Å². The van der Waals surface area contributed by atoms with Gasteiger partial charge in [0, 0.05) is 57.0 Å². The summed E-state index contributed by atoms with van der Waals surface area (Å²) in [6, 6.07) is 14.2. The number of amides is 2. The van der Waals surface area contributed by atoms with Gasteiger partial charge in [0.2, 0.25) is 17.5 Å². The molecule has 2 aromatic carbocycles. The van der Waals surface area contributed by atoms with E-state index in [0.29, 0.717) is 75.5 Å². The van der Waals surface area contributed by atoms with E-state index < -0.39 is 11.4 Å². The second kappa shape index (κ2) is 18.1. The summed E-state index contributed by atoms with van der Waals surface area (Å²) < 4.78 is 18.1. The number of para-hydroxylation sites is 1. The number of aryl methyl sites for hydroxylation is 2. The summed E-state index contributed by atoms with van der Waals surface area (Å²) in [5.74, 6) is 0.879. The van der Waals surface area contributed by atoms with Gasteiger partial charge in [-0.05, 0) is 51.5 Å². The Morgan fingerprint density at radius 3 is 2.42 bits per heavy atom. The van der Waals surface area contributed by atoms with Crippen molar-refractivity contribution >= 4 is 74.3 Å². The van der Waals surface area contributed by atoms with E-state index in [0.717, 1.165) is 11.4 Å². The van der Waals surface area contributed by atoms with E-state index in [9.17, 15) is 14.4 Å². The lowest BCUT2D eigenvalue weighted by molar-refractivity contribution is -0.174. The van der Waals surface area contributed by atoms with E-state index in [1.165, 1.54) is 28.9 Å². The predicted molar refractivity (Wildman–Crippen MR) is 222 cm³/mol. The Morgan fingerprint density at radius 2 is 1.68 bits per heavy atom. The Balaban J connectivity index is 0.939. The van der Waals surface area contributed by atoms with Crippen LogP contribution in [0.15, 0.2) is 65.6 Å². The first kappa shape index (κ1) is 41.6. The largest absolute Gasteiger partial charge is 0.463 e. The number of aromatic nitrogens is 4. The van der Waals surface area contributed by atoms with E-state index in [-0.39, 0.29) is 37.2 Å². The van der Waals surface area contributed by atoms with Crippen LogP contribution in [0.4, 0.5) is 22.5 Å². The van der Waals surface area contributed by atoms with E-state index in [1.54, 1.807) is 55.1 Å². The van der Waals surface area contributed by atoms with Crippen molar-refractivity contribution in [1.29, 1.82) is 0 Å². The lowest BCUT2D eigenvalue weighted by atomic mass is 10.0. The molecule has 1 fully saturated rings.